The number of carbonyl (C=O) groups is 1. The number of hydrogen-bond donors (Lipinski definition) is 0. The Balaban J connectivity index is 1.58. The summed E-state index contributed by atoms with van der Waals surface area (Å²) < 4.78 is 33.6. The lowest BCUT2D eigenvalue weighted by molar-refractivity contribution is -0.139. The third-order valence-corrected chi connectivity index (χ3v) is 9.15. The van der Waals surface area contributed by atoms with Crippen molar-refractivity contribution in [2.75, 3.05) is 13.2 Å². The fourth-order valence-corrected chi connectivity index (χ4v) is 6.96. The van der Waals surface area contributed by atoms with Crippen LogP contribution in [0.15, 0.2) is 81.7 Å². The number of benzene rings is 3. The van der Waals surface area contributed by atoms with Gasteiger partial charge in [0.2, 0.25) is 0 Å². The van der Waals surface area contributed by atoms with Crippen molar-refractivity contribution in [3.63, 3.8) is 0 Å². The molecule has 0 fully saturated rings. The number of rotatable bonds is 10. The third-order valence-electron chi connectivity index (χ3n) is 7.36. The Bertz CT molecular complexity index is 1930. The second kappa shape index (κ2) is 14.1. The van der Waals surface area contributed by atoms with Crippen LogP contribution in [0.25, 0.3) is 6.08 Å². The summed E-state index contributed by atoms with van der Waals surface area (Å²) in [6, 6.07) is 17.2. The van der Waals surface area contributed by atoms with E-state index in [-0.39, 0.29) is 24.6 Å². The molecule has 2 heterocycles. The summed E-state index contributed by atoms with van der Waals surface area (Å²) in [5.41, 5.74) is 4.16. The van der Waals surface area contributed by atoms with Gasteiger partial charge >= 0.3 is 5.97 Å². The molecule has 4 aromatic rings. The molecule has 1 aliphatic heterocycles. The van der Waals surface area contributed by atoms with Crippen LogP contribution in [0.5, 0.6) is 11.5 Å². The molecule has 234 valence electrons. The van der Waals surface area contributed by atoms with Gasteiger partial charge in [0.05, 0.1) is 38.6 Å². The van der Waals surface area contributed by atoms with Crippen LogP contribution in [0.3, 0.4) is 0 Å². The normalized spacial score (nSPS) is 14.8. The van der Waals surface area contributed by atoms with Crippen LogP contribution < -0.4 is 24.4 Å². The van der Waals surface area contributed by atoms with E-state index in [4.69, 9.17) is 14.2 Å². The van der Waals surface area contributed by atoms with Gasteiger partial charge in [-0.05, 0) is 102 Å². The first kappa shape index (κ1) is 32.6. The van der Waals surface area contributed by atoms with Crippen molar-refractivity contribution in [2.24, 2.45) is 4.99 Å². The average Bonchev–Trinajstić information content (AvgIpc) is 3.30. The minimum Gasteiger partial charge on any atom is -0.490 e. The number of nitrogens with zero attached hydrogens (tertiary/aromatic N) is 2. The molecule has 5 rings (SSSR count). The van der Waals surface area contributed by atoms with Gasteiger partial charge in [-0.2, -0.15) is 0 Å². The molecule has 45 heavy (non-hydrogen) atoms. The smallest absolute Gasteiger partial charge is 0.338 e. The number of halogens is 2. The topological polar surface area (TPSA) is 79.1 Å². The molecule has 1 aliphatic rings. The Morgan fingerprint density at radius 2 is 1.78 bits per heavy atom. The van der Waals surface area contributed by atoms with Gasteiger partial charge in [0.25, 0.3) is 5.56 Å². The monoisotopic (exact) mass is 740 g/mol. The van der Waals surface area contributed by atoms with E-state index in [9.17, 15) is 14.0 Å². The maximum absolute atomic E-state index is 14.1. The van der Waals surface area contributed by atoms with E-state index in [1.807, 2.05) is 43.3 Å². The van der Waals surface area contributed by atoms with E-state index in [1.165, 1.54) is 23.5 Å². The van der Waals surface area contributed by atoms with Crippen LogP contribution >= 0.6 is 33.9 Å². The van der Waals surface area contributed by atoms with E-state index in [1.54, 1.807) is 36.6 Å². The van der Waals surface area contributed by atoms with Crippen molar-refractivity contribution in [3.8, 4) is 11.5 Å². The molecule has 7 nitrogen and oxygen atoms in total. The third kappa shape index (κ3) is 7.06. The first-order valence-corrected chi connectivity index (χ1v) is 16.6. The van der Waals surface area contributed by atoms with Gasteiger partial charge in [-0.25, -0.2) is 14.2 Å². The minimum absolute atomic E-state index is 0.212. The Kier molecular flexibility index (Phi) is 10.2. The van der Waals surface area contributed by atoms with Crippen LogP contribution in [-0.4, -0.2) is 23.8 Å². The highest BCUT2D eigenvalue weighted by atomic mass is 127. The number of allylic oxidation sites excluding steroid dienone is 1. The Morgan fingerprint density at radius 3 is 2.42 bits per heavy atom. The molecule has 0 spiro atoms. The summed E-state index contributed by atoms with van der Waals surface area (Å²) in [5, 5.41) is 0. The van der Waals surface area contributed by atoms with Crippen LogP contribution in [0, 0.1) is 9.39 Å². The molecule has 0 amide bonds. The SMILES string of the molecule is CCOC(=O)C1=C(C)N=c2s/c(=C/c3cc(I)c(OCc4ccc(F)cc4)c(OCC)c3)c(=O)n2[C@H]1c1ccc(C(C)C)cc1. The summed E-state index contributed by atoms with van der Waals surface area (Å²) in [6.07, 6.45) is 1.81. The van der Waals surface area contributed by atoms with Crippen molar-refractivity contribution in [1.82, 2.24) is 4.57 Å². The highest BCUT2D eigenvalue weighted by Gasteiger charge is 2.33. The van der Waals surface area contributed by atoms with Gasteiger partial charge in [-0.3, -0.25) is 9.36 Å². The van der Waals surface area contributed by atoms with Crippen molar-refractivity contribution >= 4 is 46.0 Å². The summed E-state index contributed by atoms with van der Waals surface area (Å²) in [7, 11) is 0. The molecule has 1 atom stereocenters. The predicted molar refractivity (Wildman–Crippen MR) is 182 cm³/mol. The lowest BCUT2D eigenvalue weighted by atomic mass is 9.93. The second-order valence-corrected chi connectivity index (χ2v) is 13.0. The molecule has 0 saturated carbocycles. The number of fused-ring (bicyclic) bond motifs is 1. The summed E-state index contributed by atoms with van der Waals surface area (Å²) in [5.74, 6) is 0.652. The van der Waals surface area contributed by atoms with E-state index in [0.717, 1.165) is 25.8 Å². The molecule has 1 aromatic heterocycles. The molecule has 10 heteroatoms. The van der Waals surface area contributed by atoms with Gasteiger partial charge < -0.3 is 14.2 Å². The Labute approximate surface area is 278 Å². The molecule has 3 aromatic carbocycles. The minimum atomic E-state index is -0.676. The zero-order valence-corrected chi connectivity index (χ0v) is 28.7. The zero-order chi connectivity index (χ0) is 32.2. The molecular formula is C35H34FIN2O5S. The number of ether oxygens (including phenoxy) is 3. The van der Waals surface area contributed by atoms with Gasteiger partial charge in [0, 0.05) is 0 Å². The molecular weight excluding hydrogens is 706 g/mol. The van der Waals surface area contributed by atoms with E-state index >= 15 is 0 Å². The fourth-order valence-electron chi connectivity index (χ4n) is 5.13. The van der Waals surface area contributed by atoms with E-state index in [0.29, 0.717) is 44.6 Å². The van der Waals surface area contributed by atoms with Crippen molar-refractivity contribution in [1.29, 1.82) is 0 Å². The molecule has 0 aliphatic carbocycles. The van der Waals surface area contributed by atoms with Gasteiger partial charge in [0.15, 0.2) is 16.3 Å². The first-order valence-electron chi connectivity index (χ1n) is 14.7. The lowest BCUT2D eigenvalue weighted by Gasteiger charge is -2.25. The largest absolute Gasteiger partial charge is 0.490 e. The molecule has 0 unspecified atom stereocenters. The highest BCUT2D eigenvalue weighted by Crippen LogP contribution is 2.35. The number of thiazole rings is 1. The quantitative estimate of drug-likeness (QED) is 0.135. The number of esters is 1. The molecule has 0 N–H and O–H groups in total. The van der Waals surface area contributed by atoms with E-state index < -0.39 is 12.0 Å². The summed E-state index contributed by atoms with van der Waals surface area (Å²) in [6.45, 7) is 10.5. The summed E-state index contributed by atoms with van der Waals surface area (Å²) >= 11 is 3.45. The van der Waals surface area contributed by atoms with Crippen molar-refractivity contribution in [3.05, 3.63) is 123 Å². The second-order valence-electron chi connectivity index (χ2n) is 10.8. The average molecular weight is 741 g/mol. The number of hydrogen-bond acceptors (Lipinski definition) is 7. The molecule has 0 bridgehead atoms. The highest BCUT2D eigenvalue weighted by molar-refractivity contribution is 14.1. The zero-order valence-electron chi connectivity index (χ0n) is 25.7. The van der Waals surface area contributed by atoms with Crippen molar-refractivity contribution < 1.29 is 23.4 Å². The first-order chi connectivity index (χ1) is 21.6. The Morgan fingerprint density at radius 1 is 1.07 bits per heavy atom. The lowest BCUT2D eigenvalue weighted by Crippen LogP contribution is -2.39. The fraction of sp³-hybridized carbons (Fsp3) is 0.286. The Hall–Kier alpha value is -3.77. The van der Waals surface area contributed by atoms with E-state index in [2.05, 4.69) is 41.4 Å². The van der Waals surface area contributed by atoms with Crippen LogP contribution in [-0.2, 0) is 16.1 Å². The predicted octanol–water partition coefficient (Wildman–Crippen LogP) is 6.64. The standard InChI is InChI=1S/C35H34FIN2O5S/c1-6-42-28-17-23(16-27(37)32(28)44-19-22-8-14-26(36)15-9-22)18-29-33(40)39-31(25-12-10-24(11-13-25)20(3)4)30(34(41)43-7-2)21(5)38-35(39)45-29/h8-18,20,31H,6-7,19H2,1-5H3/b29-18+/t31-/m0/s1. The van der Waals surface area contributed by atoms with Crippen molar-refractivity contribution in [2.45, 2.75) is 53.2 Å². The maximum Gasteiger partial charge on any atom is 0.338 e. The molecule has 0 saturated heterocycles. The summed E-state index contributed by atoms with van der Waals surface area (Å²) in [4.78, 5) is 32.5. The van der Waals surface area contributed by atoms with Crippen LogP contribution in [0.1, 0.15) is 68.8 Å². The molecule has 0 radical (unpaired) electrons. The number of aromatic nitrogens is 1. The van der Waals surface area contributed by atoms with Gasteiger partial charge in [0.1, 0.15) is 12.4 Å². The van der Waals surface area contributed by atoms with Gasteiger partial charge in [-0.1, -0.05) is 61.6 Å². The maximum atomic E-state index is 14.1. The number of carbonyl (C=O) groups excluding carboxylic acids is 1. The van der Waals surface area contributed by atoms with Gasteiger partial charge in [-0.15, -0.1) is 0 Å². The van der Waals surface area contributed by atoms with Crippen LogP contribution in [0.4, 0.5) is 4.39 Å². The van der Waals surface area contributed by atoms with Crippen LogP contribution in [0.2, 0.25) is 0 Å².